The molecule has 164 valence electrons. The number of fused-ring (bicyclic) bond motifs is 3. The predicted molar refractivity (Wildman–Crippen MR) is 127 cm³/mol. The summed E-state index contributed by atoms with van der Waals surface area (Å²) < 4.78 is 3.25. The lowest BCUT2D eigenvalue weighted by Gasteiger charge is -2.34. The number of amides is 1. The van der Waals surface area contributed by atoms with Gasteiger partial charge in [-0.05, 0) is 43.7 Å². The van der Waals surface area contributed by atoms with Crippen molar-refractivity contribution in [3.05, 3.63) is 76.7 Å². The van der Waals surface area contributed by atoms with Crippen molar-refractivity contribution >= 4 is 27.7 Å². The zero-order valence-corrected chi connectivity index (χ0v) is 18.6. The molecule has 5 rings (SSSR count). The Balaban J connectivity index is 1.41. The number of aryl methyl sites for hydroxylation is 1. The summed E-state index contributed by atoms with van der Waals surface area (Å²) in [5, 5.41) is 5.95. The van der Waals surface area contributed by atoms with Crippen molar-refractivity contribution in [3.8, 4) is 0 Å². The number of aromatic nitrogens is 3. The molecular formula is C26H28N4O2. The van der Waals surface area contributed by atoms with Gasteiger partial charge in [-0.3, -0.25) is 9.59 Å². The van der Waals surface area contributed by atoms with Crippen molar-refractivity contribution in [2.75, 3.05) is 13.1 Å². The third kappa shape index (κ3) is 3.49. The van der Waals surface area contributed by atoms with Crippen molar-refractivity contribution in [3.63, 3.8) is 0 Å². The maximum atomic E-state index is 13.5. The SMILES string of the molecule is CC(C(=O)N1CCC(Cc2ccccc2)CC1)n1c2ccccc2c2cnn(C)c(=O)c21. The van der Waals surface area contributed by atoms with Gasteiger partial charge in [0.15, 0.2) is 0 Å². The lowest BCUT2D eigenvalue weighted by atomic mass is 9.90. The van der Waals surface area contributed by atoms with Crippen LogP contribution in [0.4, 0.5) is 0 Å². The Morgan fingerprint density at radius 1 is 1.03 bits per heavy atom. The summed E-state index contributed by atoms with van der Waals surface area (Å²) in [5.74, 6) is 0.674. The maximum absolute atomic E-state index is 13.5. The summed E-state index contributed by atoms with van der Waals surface area (Å²) in [7, 11) is 1.65. The molecule has 2 aromatic carbocycles. The fourth-order valence-corrected chi connectivity index (χ4v) is 5.07. The third-order valence-corrected chi connectivity index (χ3v) is 6.84. The summed E-state index contributed by atoms with van der Waals surface area (Å²) in [6.45, 7) is 3.43. The minimum atomic E-state index is -0.460. The van der Waals surface area contributed by atoms with Crippen LogP contribution in [0.3, 0.4) is 0 Å². The van der Waals surface area contributed by atoms with Gasteiger partial charge in [0.05, 0.1) is 11.7 Å². The third-order valence-electron chi connectivity index (χ3n) is 6.84. The molecule has 0 spiro atoms. The second kappa shape index (κ2) is 8.26. The van der Waals surface area contributed by atoms with Gasteiger partial charge in [-0.1, -0.05) is 48.5 Å². The van der Waals surface area contributed by atoms with E-state index in [1.54, 1.807) is 13.2 Å². The highest BCUT2D eigenvalue weighted by Gasteiger charge is 2.29. The zero-order chi connectivity index (χ0) is 22.2. The molecule has 32 heavy (non-hydrogen) atoms. The number of nitrogens with zero attached hydrogens (tertiary/aromatic N) is 4. The topological polar surface area (TPSA) is 60.1 Å². The van der Waals surface area contributed by atoms with Gasteiger partial charge in [-0.25, -0.2) is 4.68 Å². The minimum Gasteiger partial charge on any atom is -0.341 e. The molecule has 3 heterocycles. The molecule has 0 radical (unpaired) electrons. The van der Waals surface area contributed by atoms with Gasteiger partial charge in [0, 0.05) is 30.9 Å². The molecule has 0 N–H and O–H groups in total. The summed E-state index contributed by atoms with van der Waals surface area (Å²) in [4.78, 5) is 28.5. The first kappa shape index (κ1) is 20.5. The monoisotopic (exact) mass is 428 g/mol. The van der Waals surface area contributed by atoms with Crippen molar-refractivity contribution < 1.29 is 4.79 Å². The van der Waals surface area contributed by atoms with Gasteiger partial charge in [0.25, 0.3) is 5.56 Å². The molecule has 4 aromatic rings. The van der Waals surface area contributed by atoms with Gasteiger partial charge in [0.1, 0.15) is 11.6 Å². The van der Waals surface area contributed by atoms with Crippen LogP contribution in [0, 0.1) is 5.92 Å². The smallest absolute Gasteiger partial charge is 0.291 e. The Morgan fingerprint density at radius 3 is 2.47 bits per heavy atom. The quantitative estimate of drug-likeness (QED) is 0.495. The predicted octanol–water partition coefficient (Wildman–Crippen LogP) is 3.93. The highest BCUT2D eigenvalue weighted by Crippen LogP contribution is 2.31. The molecule has 1 aliphatic heterocycles. The van der Waals surface area contributed by atoms with Crippen LogP contribution >= 0.6 is 0 Å². The van der Waals surface area contributed by atoms with Gasteiger partial charge < -0.3 is 9.47 Å². The number of hydrogen-bond acceptors (Lipinski definition) is 3. The lowest BCUT2D eigenvalue weighted by molar-refractivity contribution is -0.135. The summed E-state index contributed by atoms with van der Waals surface area (Å²) in [5.41, 5.74) is 2.62. The largest absolute Gasteiger partial charge is 0.341 e. The average molecular weight is 429 g/mol. The van der Waals surface area contributed by atoms with E-state index in [1.807, 2.05) is 46.7 Å². The zero-order valence-electron chi connectivity index (χ0n) is 18.6. The number of hydrogen-bond donors (Lipinski definition) is 0. The van der Waals surface area contributed by atoms with Crippen molar-refractivity contribution in [2.45, 2.75) is 32.2 Å². The van der Waals surface area contributed by atoms with E-state index in [0.717, 1.165) is 48.6 Å². The molecule has 1 aliphatic rings. The number of carbonyl (C=O) groups is 1. The second-order valence-electron chi connectivity index (χ2n) is 8.86. The molecule has 1 amide bonds. The molecule has 6 heteroatoms. The van der Waals surface area contributed by atoms with Crippen molar-refractivity contribution in [1.82, 2.24) is 19.2 Å². The van der Waals surface area contributed by atoms with E-state index >= 15 is 0 Å². The average Bonchev–Trinajstić information content (AvgIpc) is 3.17. The Kier molecular flexibility index (Phi) is 5.29. The molecular weight excluding hydrogens is 400 g/mol. The molecule has 0 bridgehead atoms. The number of rotatable bonds is 4. The van der Waals surface area contributed by atoms with Crippen LogP contribution in [-0.2, 0) is 18.3 Å². The number of carbonyl (C=O) groups excluding carboxylic acids is 1. The Hall–Kier alpha value is -3.41. The van der Waals surface area contributed by atoms with Gasteiger partial charge >= 0.3 is 0 Å². The van der Waals surface area contributed by atoms with Gasteiger partial charge in [-0.15, -0.1) is 0 Å². The van der Waals surface area contributed by atoms with Crippen LogP contribution in [0.2, 0.25) is 0 Å². The van der Waals surface area contributed by atoms with Crippen molar-refractivity contribution in [1.29, 1.82) is 0 Å². The normalized spacial score (nSPS) is 16.0. The van der Waals surface area contributed by atoms with Crippen LogP contribution in [0.5, 0.6) is 0 Å². The van der Waals surface area contributed by atoms with Crippen LogP contribution in [0.1, 0.15) is 31.4 Å². The summed E-state index contributed by atoms with van der Waals surface area (Å²) in [6, 6.07) is 18.0. The molecule has 2 aromatic heterocycles. The highest BCUT2D eigenvalue weighted by atomic mass is 16.2. The van der Waals surface area contributed by atoms with Gasteiger partial charge in [0.2, 0.25) is 5.91 Å². The first-order chi connectivity index (χ1) is 15.5. The fourth-order valence-electron chi connectivity index (χ4n) is 5.07. The first-order valence-corrected chi connectivity index (χ1v) is 11.3. The van der Waals surface area contributed by atoms with E-state index in [4.69, 9.17) is 0 Å². The summed E-state index contributed by atoms with van der Waals surface area (Å²) >= 11 is 0. The summed E-state index contributed by atoms with van der Waals surface area (Å²) in [6.07, 6.45) is 4.80. The number of benzene rings is 2. The van der Waals surface area contributed by atoms with E-state index in [9.17, 15) is 9.59 Å². The van der Waals surface area contributed by atoms with E-state index < -0.39 is 6.04 Å². The molecule has 0 aliphatic carbocycles. The van der Waals surface area contributed by atoms with E-state index in [-0.39, 0.29) is 11.5 Å². The Morgan fingerprint density at radius 2 is 1.72 bits per heavy atom. The van der Waals surface area contributed by atoms with Gasteiger partial charge in [-0.2, -0.15) is 5.10 Å². The molecule has 1 unspecified atom stereocenters. The van der Waals surface area contributed by atoms with E-state index in [1.165, 1.54) is 10.2 Å². The van der Waals surface area contributed by atoms with E-state index in [0.29, 0.717) is 11.4 Å². The van der Waals surface area contributed by atoms with Crippen LogP contribution in [-0.4, -0.2) is 38.2 Å². The van der Waals surface area contributed by atoms with Crippen LogP contribution in [0.15, 0.2) is 65.6 Å². The first-order valence-electron chi connectivity index (χ1n) is 11.3. The molecule has 1 atom stereocenters. The lowest BCUT2D eigenvalue weighted by Crippen LogP contribution is -2.42. The fraction of sp³-hybridized carbons (Fsp3) is 0.346. The van der Waals surface area contributed by atoms with E-state index in [2.05, 4.69) is 29.4 Å². The molecule has 0 saturated carbocycles. The minimum absolute atomic E-state index is 0.0738. The Labute approximate surface area is 187 Å². The maximum Gasteiger partial charge on any atom is 0.291 e. The number of piperidine rings is 1. The molecule has 6 nitrogen and oxygen atoms in total. The number of para-hydroxylation sites is 1. The highest BCUT2D eigenvalue weighted by molar-refractivity contribution is 6.08. The van der Waals surface area contributed by atoms with Crippen LogP contribution < -0.4 is 5.56 Å². The number of likely N-dealkylation sites (tertiary alicyclic amines) is 1. The van der Waals surface area contributed by atoms with Crippen molar-refractivity contribution in [2.24, 2.45) is 13.0 Å². The molecule has 1 fully saturated rings. The second-order valence-corrected chi connectivity index (χ2v) is 8.86. The standard InChI is InChI=1S/C26H28N4O2/c1-18(25(31)29-14-12-20(13-15-29)16-19-8-4-3-5-9-19)30-23-11-7-6-10-21(23)22-17-27-28(2)26(32)24(22)30/h3-11,17-18,20H,12-16H2,1-2H3. The van der Waals surface area contributed by atoms with Crippen LogP contribution in [0.25, 0.3) is 21.8 Å². The Bertz CT molecular complexity index is 1330. The molecule has 1 saturated heterocycles.